The van der Waals surface area contributed by atoms with Gasteiger partial charge in [-0.05, 0) is 37.3 Å². The average Bonchev–Trinajstić information content (AvgIpc) is 2.41. The van der Waals surface area contributed by atoms with Crippen molar-refractivity contribution >= 4 is 16.6 Å². The molecule has 0 radical (unpaired) electrons. The summed E-state index contributed by atoms with van der Waals surface area (Å²) >= 11 is 0. The van der Waals surface area contributed by atoms with Crippen LogP contribution in [-0.4, -0.2) is 17.2 Å². The standard InChI is InChI=1S/C13H14N2.CH4O/c14-13-9-5-1-3-7-11(9)15-12-8-4-2-6-10(12)13;1-2/h1,3,5,7H,2,4,6,8H2,(H2,14,15);2H,1H3. The summed E-state index contributed by atoms with van der Waals surface area (Å²) in [6, 6.07) is 8.15. The first kappa shape index (κ1) is 11.9. The molecule has 1 heterocycles. The summed E-state index contributed by atoms with van der Waals surface area (Å²) in [4.78, 5) is 4.70. The van der Waals surface area contributed by atoms with Crippen molar-refractivity contribution in [2.75, 3.05) is 12.8 Å². The fourth-order valence-corrected chi connectivity index (χ4v) is 2.41. The number of rotatable bonds is 0. The first-order chi connectivity index (χ1) is 8.36. The van der Waals surface area contributed by atoms with Crippen LogP contribution in [-0.2, 0) is 12.8 Å². The number of benzene rings is 1. The molecular formula is C14H18N2O. The lowest BCUT2D eigenvalue weighted by atomic mass is 9.93. The van der Waals surface area contributed by atoms with E-state index in [4.69, 9.17) is 15.8 Å². The van der Waals surface area contributed by atoms with Crippen molar-refractivity contribution in [2.24, 2.45) is 0 Å². The molecule has 0 saturated heterocycles. The molecule has 1 aromatic carbocycles. The number of nitrogen functional groups attached to an aromatic ring is 1. The van der Waals surface area contributed by atoms with Gasteiger partial charge in [0.15, 0.2) is 0 Å². The van der Waals surface area contributed by atoms with Gasteiger partial charge in [0.1, 0.15) is 0 Å². The van der Waals surface area contributed by atoms with Crippen molar-refractivity contribution in [2.45, 2.75) is 25.7 Å². The number of anilines is 1. The second-order valence-electron chi connectivity index (χ2n) is 4.17. The Morgan fingerprint density at radius 2 is 1.82 bits per heavy atom. The highest BCUT2D eigenvalue weighted by molar-refractivity contribution is 5.92. The van der Waals surface area contributed by atoms with E-state index in [0.717, 1.165) is 36.5 Å². The van der Waals surface area contributed by atoms with Gasteiger partial charge >= 0.3 is 0 Å². The quantitative estimate of drug-likeness (QED) is 0.730. The number of aryl methyl sites for hydroxylation is 1. The van der Waals surface area contributed by atoms with Gasteiger partial charge < -0.3 is 10.8 Å². The number of hydrogen-bond donors (Lipinski definition) is 2. The van der Waals surface area contributed by atoms with Crippen molar-refractivity contribution in [1.82, 2.24) is 4.98 Å². The molecular weight excluding hydrogens is 212 g/mol. The highest BCUT2D eigenvalue weighted by Gasteiger charge is 2.15. The number of pyridine rings is 1. The summed E-state index contributed by atoms with van der Waals surface area (Å²) < 4.78 is 0. The van der Waals surface area contributed by atoms with Gasteiger partial charge in [0.2, 0.25) is 0 Å². The van der Waals surface area contributed by atoms with Crippen LogP contribution in [0.15, 0.2) is 24.3 Å². The first-order valence-corrected chi connectivity index (χ1v) is 5.97. The number of aromatic nitrogens is 1. The van der Waals surface area contributed by atoms with Gasteiger partial charge in [0.25, 0.3) is 0 Å². The Labute approximate surface area is 101 Å². The fourth-order valence-electron chi connectivity index (χ4n) is 2.41. The molecule has 17 heavy (non-hydrogen) atoms. The lowest BCUT2D eigenvalue weighted by molar-refractivity contribution is 0.399. The molecule has 0 aliphatic heterocycles. The first-order valence-electron chi connectivity index (χ1n) is 5.97. The minimum atomic E-state index is 0.954. The third-order valence-corrected chi connectivity index (χ3v) is 3.21. The van der Waals surface area contributed by atoms with Crippen molar-refractivity contribution in [3.8, 4) is 0 Å². The predicted molar refractivity (Wildman–Crippen MR) is 70.9 cm³/mol. The number of nitrogens with zero attached hydrogens (tertiary/aromatic N) is 1. The van der Waals surface area contributed by atoms with Crippen LogP contribution in [0.3, 0.4) is 0 Å². The van der Waals surface area contributed by atoms with Gasteiger partial charge in [-0.15, -0.1) is 0 Å². The summed E-state index contributed by atoms with van der Waals surface area (Å²) in [5.74, 6) is 0. The number of para-hydroxylation sites is 1. The maximum absolute atomic E-state index is 7.00. The number of aliphatic hydroxyl groups is 1. The van der Waals surface area contributed by atoms with Gasteiger partial charge in [-0.2, -0.15) is 0 Å². The largest absolute Gasteiger partial charge is 0.400 e. The molecule has 1 aliphatic rings. The molecule has 0 fully saturated rings. The van der Waals surface area contributed by atoms with Crippen LogP contribution in [0.25, 0.3) is 10.9 Å². The van der Waals surface area contributed by atoms with Gasteiger partial charge in [-0.1, -0.05) is 18.2 Å². The Kier molecular flexibility index (Phi) is 3.59. The summed E-state index contributed by atoms with van der Waals surface area (Å²) in [6.07, 6.45) is 4.68. The molecule has 90 valence electrons. The SMILES string of the molecule is CO.Nc1c2c(nc3ccccc13)CCCC2. The molecule has 1 aliphatic carbocycles. The lowest BCUT2D eigenvalue weighted by Crippen LogP contribution is -2.09. The maximum Gasteiger partial charge on any atom is 0.0726 e. The number of fused-ring (bicyclic) bond motifs is 2. The Bertz CT molecular complexity index is 523. The second-order valence-corrected chi connectivity index (χ2v) is 4.17. The van der Waals surface area contributed by atoms with Crippen LogP contribution in [0.5, 0.6) is 0 Å². The van der Waals surface area contributed by atoms with E-state index in [2.05, 4.69) is 6.07 Å². The van der Waals surface area contributed by atoms with E-state index in [9.17, 15) is 0 Å². The van der Waals surface area contributed by atoms with Gasteiger partial charge in [-0.25, -0.2) is 0 Å². The molecule has 3 nitrogen and oxygen atoms in total. The van der Waals surface area contributed by atoms with Crippen LogP contribution in [0.1, 0.15) is 24.1 Å². The second kappa shape index (κ2) is 5.15. The fraction of sp³-hybridized carbons (Fsp3) is 0.357. The molecule has 0 bridgehead atoms. The molecule has 0 unspecified atom stereocenters. The normalized spacial score (nSPS) is 13.8. The maximum atomic E-state index is 7.00. The lowest BCUT2D eigenvalue weighted by Gasteiger charge is -2.18. The molecule has 0 saturated carbocycles. The van der Waals surface area contributed by atoms with E-state index in [0.29, 0.717) is 0 Å². The third kappa shape index (κ3) is 2.11. The predicted octanol–water partition coefficient (Wildman–Crippen LogP) is 2.30. The van der Waals surface area contributed by atoms with E-state index >= 15 is 0 Å². The van der Waals surface area contributed by atoms with Crippen molar-refractivity contribution < 1.29 is 5.11 Å². The number of nitrogens with two attached hydrogens (primary N) is 1. The summed E-state index contributed by atoms with van der Waals surface area (Å²) in [7, 11) is 1.00. The topological polar surface area (TPSA) is 59.1 Å². The minimum absolute atomic E-state index is 0.954. The smallest absolute Gasteiger partial charge is 0.0726 e. The molecule has 3 N–H and O–H groups in total. The highest BCUT2D eigenvalue weighted by Crippen LogP contribution is 2.30. The molecule has 0 spiro atoms. The number of hydrogen-bond acceptors (Lipinski definition) is 3. The number of aliphatic hydroxyl groups excluding tert-OH is 1. The summed E-state index contributed by atoms with van der Waals surface area (Å²) in [6.45, 7) is 0. The van der Waals surface area contributed by atoms with Crippen LogP contribution in [0.2, 0.25) is 0 Å². The summed E-state index contributed by atoms with van der Waals surface area (Å²) in [5, 5.41) is 8.11. The van der Waals surface area contributed by atoms with E-state index in [1.165, 1.54) is 24.1 Å². The zero-order valence-electron chi connectivity index (χ0n) is 10.1. The van der Waals surface area contributed by atoms with Crippen molar-refractivity contribution in [3.05, 3.63) is 35.5 Å². The van der Waals surface area contributed by atoms with Crippen molar-refractivity contribution in [1.29, 1.82) is 0 Å². The van der Waals surface area contributed by atoms with Gasteiger partial charge in [0.05, 0.1) is 5.52 Å². The third-order valence-electron chi connectivity index (χ3n) is 3.21. The molecule has 0 amide bonds. The van der Waals surface area contributed by atoms with E-state index in [-0.39, 0.29) is 0 Å². The van der Waals surface area contributed by atoms with Crippen LogP contribution < -0.4 is 5.73 Å². The molecule has 3 rings (SSSR count). The zero-order chi connectivity index (χ0) is 12.3. The Morgan fingerprint density at radius 3 is 2.65 bits per heavy atom. The molecule has 2 aromatic rings. The van der Waals surface area contributed by atoms with Crippen molar-refractivity contribution in [3.63, 3.8) is 0 Å². The van der Waals surface area contributed by atoms with E-state index in [1.807, 2.05) is 18.2 Å². The Balaban J connectivity index is 0.000000514. The van der Waals surface area contributed by atoms with Crippen LogP contribution in [0.4, 0.5) is 5.69 Å². The van der Waals surface area contributed by atoms with Gasteiger partial charge in [-0.3, -0.25) is 4.98 Å². The molecule has 1 aromatic heterocycles. The minimum Gasteiger partial charge on any atom is -0.400 e. The molecule has 0 atom stereocenters. The van der Waals surface area contributed by atoms with Crippen LogP contribution in [0, 0.1) is 0 Å². The van der Waals surface area contributed by atoms with Gasteiger partial charge in [0, 0.05) is 23.9 Å². The Hall–Kier alpha value is -1.61. The summed E-state index contributed by atoms with van der Waals surface area (Å²) in [5.41, 5.74) is 10.7. The Morgan fingerprint density at radius 1 is 1.12 bits per heavy atom. The zero-order valence-corrected chi connectivity index (χ0v) is 10.1. The van der Waals surface area contributed by atoms with Crippen LogP contribution >= 0.6 is 0 Å². The molecule has 3 heteroatoms. The highest BCUT2D eigenvalue weighted by atomic mass is 16.2. The monoisotopic (exact) mass is 230 g/mol. The van der Waals surface area contributed by atoms with E-state index in [1.54, 1.807) is 0 Å². The van der Waals surface area contributed by atoms with E-state index < -0.39 is 0 Å². The average molecular weight is 230 g/mol.